The lowest BCUT2D eigenvalue weighted by Gasteiger charge is -2.33. The summed E-state index contributed by atoms with van der Waals surface area (Å²) in [6.07, 6.45) is 0. The topological polar surface area (TPSA) is 62.5 Å². The molecular weight excluding hydrogens is 288 g/mol. The van der Waals surface area contributed by atoms with Crippen molar-refractivity contribution in [2.24, 2.45) is 0 Å². The molecule has 112 valence electrons. The van der Waals surface area contributed by atoms with Gasteiger partial charge >= 0.3 is 0 Å². The van der Waals surface area contributed by atoms with Crippen LogP contribution in [0.2, 0.25) is 0 Å². The molecule has 7 heteroatoms. The van der Waals surface area contributed by atoms with Crippen LogP contribution in [0.4, 0.5) is 0 Å². The fourth-order valence-corrected chi connectivity index (χ4v) is 3.03. The van der Waals surface area contributed by atoms with E-state index < -0.39 is 0 Å². The van der Waals surface area contributed by atoms with Gasteiger partial charge in [-0.05, 0) is 13.8 Å². The Morgan fingerprint density at radius 3 is 2.67 bits per heavy atom. The quantitative estimate of drug-likeness (QED) is 0.864. The zero-order chi connectivity index (χ0) is 14.8. The first-order chi connectivity index (χ1) is 10.1. The van der Waals surface area contributed by atoms with Gasteiger partial charge in [-0.25, -0.2) is 4.98 Å². The third-order valence-electron chi connectivity index (χ3n) is 3.55. The number of aromatic nitrogens is 2. The molecule has 0 aromatic carbocycles. The summed E-state index contributed by atoms with van der Waals surface area (Å²) in [5, 5.41) is 6.66. The van der Waals surface area contributed by atoms with Gasteiger partial charge in [0, 0.05) is 37.6 Å². The Morgan fingerprint density at radius 1 is 1.33 bits per heavy atom. The molecule has 0 bridgehead atoms. The molecule has 0 aliphatic carbocycles. The van der Waals surface area contributed by atoms with Crippen LogP contribution in [-0.4, -0.2) is 52.0 Å². The molecule has 2 aromatic heterocycles. The van der Waals surface area contributed by atoms with Gasteiger partial charge < -0.3 is 9.42 Å². The summed E-state index contributed by atoms with van der Waals surface area (Å²) in [4.78, 5) is 20.7. The molecule has 0 spiro atoms. The summed E-state index contributed by atoms with van der Waals surface area (Å²) < 4.78 is 5.23. The van der Waals surface area contributed by atoms with Crippen molar-refractivity contribution >= 4 is 17.2 Å². The molecule has 2 aromatic rings. The zero-order valence-electron chi connectivity index (χ0n) is 12.2. The number of carbonyl (C=O) groups is 1. The normalized spacial score (nSPS) is 16.4. The van der Waals surface area contributed by atoms with E-state index in [9.17, 15) is 4.79 Å². The van der Waals surface area contributed by atoms with Crippen molar-refractivity contribution in [1.29, 1.82) is 0 Å². The Labute approximate surface area is 127 Å². The number of thiazole rings is 1. The number of amides is 1. The number of hydrogen-bond donors (Lipinski definition) is 0. The van der Waals surface area contributed by atoms with Gasteiger partial charge in [-0.1, -0.05) is 5.16 Å². The van der Waals surface area contributed by atoms with Crippen molar-refractivity contribution in [2.75, 3.05) is 26.2 Å². The minimum Gasteiger partial charge on any atom is -0.360 e. The summed E-state index contributed by atoms with van der Waals surface area (Å²) >= 11 is 1.51. The van der Waals surface area contributed by atoms with Crippen LogP contribution in [0, 0.1) is 13.8 Å². The van der Waals surface area contributed by atoms with Crippen LogP contribution in [-0.2, 0) is 6.54 Å². The summed E-state index contributed by atoms with van der Waals surface area (Å²) in [5.74, 6) is 0.914. The van der Waals surface area contributed by atoms with E-state index in [1.807, 2.05) is 30.2 Å². The highest BCUT2D eigenvalue weighted by Crippen LogP contribution is 2.14. The van der Waals surface area contributed by atoms with Gasteiger partial charge in [0.1, 0.15) is 5.69 Å². The van der Waals surface area contributed by atoms with Crippen molar-refractivity contribution in [3.05, 3.63) is 33.6 Å². The Hall–Kier alpha value is -1.73. The molecule has 0 N–H and O–H groups in total. The third kappa shape index (κ3) is 3.30. The van der Waals surface area contributed by atoms with E-state index in [0.717, 1.165) is 49.2 Å². The Morgan fingerprint density at radius 2 is 2.10 bits per heavy atom. The second kappa shape index (κ2) is 5.95. The number of carbonyl (C=O) groups excluding carboxylic acids is 1. The van der Waals surface area contributed by atoms with Gasteiger partial charge in [0.15, 0.2) is 5.76 Å². The van der Waals surface area contributed by atoms with Gasteiger partial charge in [-0.15, -0.1) is 11.3 Å². The first kappa shape index (κ1) is 14.2. The number of hydrogen-bond acceptors (Lipinski definition) is 6. The molecule has 0 radical (unpaired) electrons. The molecule has 0 unspecified atom stereocenters. The first-order valence-electron chi connectivity index (χ1n) is 6.98. The molecular formula is C14H18N4O2S. The van der Waals surface area contributed by atoms with Gasteiger partial charge in [-0.2, -0.15) is 0 Å². The molecule has 1 aliphatic rings. The van der Waals surface area contributed by atoms with E-state index in [1.54, 1.807) is 0 Å². The first-order valence-corrected chi connectivity index (χ1v) is 7.86. The smallest absolute Gasteiger partial charge is 0.273 e. The molecule has 0 atom stereocenters. The Balaban J connectivity index is 1.54. The van der Waals surface area contributed by atoms with Crippen molar-refractivity contribution in [1.82, 2.24) is 19.9 Å². The van der Waals surface area contributed by atoms with Crippen LogP contribution in [0.5, 0.6) is 0 Å². The molecule has 6 nitrogen and oxygen atoms in total. The number of rotatable bonds is 3. The van der Waals surface area contributed by atoms with Crippen LogP contribution in [0.25, 0.3) is 0 Å². The molecule has 3 heterocycles. The second-order valence-corrected chi connectivity index (χ2v) is 6.32. The molecule has 1 fully saturated rings. The molecule has 1 saturated heterocycles. The lowest BCUT2D eigenvalue weighted by Crippen LogP contribution is -2.48. The highest BCUT2D eigenvalue weighted by molar-refractivity contribution is 7.09. The van der Waals surface area contributed by atoms with E-state index >= 15 is 0 Å². The van der Waals surface area contributed by atoms with Gasteiger partial charge in [0.2, 0.25) is 0 Å². The predicted octanol–water partition coefficient (Wildman–Crippen LogP) is 1.71. The molecule has 3 rings (SSSR count). The summed E-state index contributed by atoms with van der Waals surface area (Å²) in [6.45, 7) is 7.71. The Kier molecular flexibility index (Phi) is 4.03. The van der Waals surface area contributed by atoms with Crippen molar-refractivity contribution in [3.8, 4) is 0 Å². The minimum absolute atomic E-state index is 0.0366. The molecule has 1 aliphatic heterocycles. The maximum Gasteiger partial charge on any atom is 0.273 e. The monoisotopic (exact) mass is 306 g/mol. The standard InChI is InChI=1S/C14H18N4O2S/c1-10-7-12(20-16-10)8-17-3-5-18(6-4-17)14(19)13-9-21-11(2)15-13/h7,9H,3-6,8H2,1-2H3. The fraction of sp³-hybridized carbons (Fsp3) is 0.500. The van der Waals surface area contributed by atoms with Crippen LogP contribution in [0.3, 0.4) is 0 Å². The lowest BCUT2D eigenvalue weighted by molar-refractivity contribution is 0.0612. The van der Waals surface area contributed by atoms with Gasteiger partial charge in [0.05, 0.1) is 17.2 Å². The third-order valence-corrected chi connectivity index (χ3v) is 4.33. The summed E-state index contributed by atoms with van der Waals surface area (Å²) in [7, 11) is 0. The second-order valence-electron chi connectivity index (χ2n) is 5.25. The maximum absolute atomic E-state index is 12.3. The van der Waals surface area contributed by atoms with E-state index in [1.165, 1.54) is 11.3 Å². The SMILES string of the molecule is Cc1cc(CN2CCN(C(=O)c3csc(C)n3)CC2)on1. The van der Waals surface area contributed by atoms with Crippen LogP contribution in [0.15, 0.2) is 16.0 Å². The zero-order valence-corrected chi connectivity index (χ0v) is 13.0. The Bertz CT molecular complexity index is 628. The number of piperazine rings is 1. The summed E-state index contributed by atoms with van der Waals surface area (Å²) in [5.41, 5.74) is 1.47. The van der Waals surface area contributed by atoms with Crippen LogP contribution in [0.1, 0.15) is 27.0 Å². The largest absolute Gasteiger partial charge is 0.360 e. The van der Waals surface area contributed by atoms with Crippen LogP contribution >= 0.6 is 11.3 Å². The van der Waals surface area contributed by atoms with E-state index in [-0.39, 0.29) is 5.91 Å². The number of aryl methyl sites for hydroxylation is 2. The molecule has 21 heavy (non-hydrogen) atoms. The minimum atomic E-state index is 0.0366. The highest BCUT2D eigenvalue weighted by atomic mass is 32.1. The molecule has 0 saturated carbocycles. The van der Waals surface area contributed by atoms with Gasteiger partial charge in [-0.3, -0.25) is 9.69 Å². The van der Waals surface area contributed by atoms with Crippen molar-refractivity contribution in [3.63, 3.8) is 0 Å². The predicted molar refractivity (Wildman–Crippen MR) is 79.3 cm³/mol. The number of nitrogens with zero attached hydrogens (tertiary/aromatic N) is 4. The summed E-state index contributed by atoms with van der Waals surface area (Å²) in [6, 6.07) is 1.95. The average molecular weight is 306 g/mol. The van der Waals surface area contributed by atoms with Crippen LogP contribution < -0.4 is 0 Å². The van der Waals surface area contributed by atoms with Gasteiger partial charge in [0.25, 0.3) is 5.91 Å². The lowest BCUT2D eigenvalue weighted by atomic mass is 10.2. The fourth-order valence-electron chi connectivity index (χ4n) is 2.44. The van der Waals surface area contributed by atoms with E-state index in [2.05, 4.69) is 15.0 Å². The highest BCUT2D eigenvalue weighted by Gasteiger charge is 2.24. The van der Waals surface area contributed by atoms with Crippen molar-refractivity contribution < 1.29 is 9.32 Å². The van der Waals surface area contributed by atoms with E-state index in [0.29, 0.717) is 5.69 Å². The molecule has 1 amide bonds. The maximum atomic E-state index is 12.3. The average Bonchev–Trinajstić information content (AvgIpc) is 3.08. The van der Waals surface area contributed by atoms with Crippen molar-refractivity contribution in [2.45, 2.75) is 20.4 Å². The van der Waals surface area contributed by atoms with E-state index in [4.69, 9.17) is 4.52 Å².